The minimum Gasteiger partial charge on any atom is -0.462 e. The number of esters is 2. The van der Waals surface area contributed by atoms with E-state index < -0.39 is 26.5 Å². The summed E-state index contributed by atoms with van der Waals surface area (Å²) in [4.78, 5) is 35.4. The van der Waals surface area contributed by atoms with Gasteiger partial charge < -0.3 is 18.9 Å². The molecule has 0 spiro atoms. The van der Waals surface area contributed by atoms with Crippen LogP contribution in [0.25, 0.3) is 0 Å². The fourth-order valence-electron chi connectivity index (χ4n) is 6.77. The summed E-state index contributed by atoms with van der Waals surface area (Å²) >= 11 is 0. The summed E-state index contributed by atoms with van der Waals surface area (Å²) in [6, 6.07) is 0. The Balaban J connectivity index is 4.26. The zero-order chi connectivity index (χ0) is 42.1. The Morgan fingerprint density at radius 3 is 1.32 bits per heavy atom. The molecular weight excluding hydrogens is 737 g/mol. The highest BCUT2D eigenvalue weighted by molar-refractivity contribution is 7.47. The van der Waals surface area contributed by atoms with Crippen LogP contribution in [0.3, 0.4) is 0 Å². The first-order chi connectivity index (χ1) is 27.5. The minimum absolute atomic E-state index is 0.0341. The number of quaternary nitrogens is 1. The summed E-state index contributed by atoms with van der Waals surface area (Å²) in [7, 11) is 1.49. The van der Waals surface area contributed by atoms with Crippen LogP contribution in [0.15, 0.2) is 12.2 Å². The Kier molecular flexibility index (Phi) is 39.3. The average molecular weight is 831 g/mol. The molecule has 0 aromatic carbocycles. The third-order valence-corrected chi connectivity index (χ3v) is 11.5. The molecule has 0 saturated heterocycles. The van der Waals surface area contributed by atoms with Gasteiger partial charge in [-0.3, -0.25) is 18.6 Å². The van der Waals surface area contributed by atoms with E-state index in [1.54, 1.807) is 0 Å². The number of phosphoric acid groups is 1. The van der Waals surface area contributed by atoms with Crippen molar-refractivity contribution in [3.8, 4) is 0 Å². The molecular formula is C47H93NO8P+. The van der Waals surface area contributed by atoms with E-state index in [-0.39, 0.29) is 25.6 Å². The van der Waals surface area contributed by atoms with E-state index in [2.05, 4.69) is 26.0 Å². The number of unbranched alkanes of at least 4 members (excludes halogenated alkanes) is 28. The summed E-state index contributed by atoms with van der Waals surface area (Å²) in [6.07, 6.45) is 42.5. The van der Waals surface area contributed by atoms with E-state index >= 15 is 0 Å². The van der Waals surface area contributed by atoms with Crippen LogP contribution in [0.4, 0.5) is 0 Å². The summed E-state index contributed by atoms with van der Waals surface area (Å²) in [5.74, 6) is -0.791. The van der Waals surface area contributed by atoms with Crippen LogP contribution < -0.4 is 0 Å². The first kappa shape index (κ1) is 55.8. The van der Waals surface area contributed by atoms with Gasteiger partial charge >= 0.3 is 19.8 Å². The van der Waals surface area contributed by atoms with Gasteiger partial charge in [-0.15, -0.1) is 0 Å². The molecule has 2 atom stereocenters. The molecule has 0 amide bonds. The minimum atomic E-state index is -4.37. The molecule has 0 aromatic heterocycles. The number of carbonyl (C=O) groups excluding carboxylic acids is 2. The molecule has 0 aliphatic carbocycles. The number of hydrogen-bond donors (Lipinski definition) is 1. The van der Waals surface area contributed by atoms with Crippen molar-refractivity contribution in [3.63, 3.8) is 0 Å². The summed E-state index contributed by atoms with van der Waals surface area (Å²) < 4.78 is 34.4. The van der Waals surface area contributed by atoms with Crippen molar-refractivity contribution in [2.45, 2.75) is 232 Å². The van der Waals surface area contributed by atoms with E-state index in [9.17, 15) is 19.0 Å². The molecule has 57 heavy (non-hydrogen) atoms. The largest absolute Gasteiger partial charge is 0.472 e. The number of ether oxygens (including phenoxy) is 2. The van der Waals surface area contributed by atoms with Gasteiger partial charge in [-0.2, -0.15) is 0 Å². The standard InChI is InChI=1S/C47H92NO8P/c1-6-8-10-12-14-16-18-20-22-23-24-26-27-29-31-33-35-37-39-46(49)53-43-45(44-55-57(51,52)54-42-41-48(3,4)5)56-47(50)40-38-36-34-32-30-28-25-21-19-17-15-13-11-9-7-2/h17,19,45H,6-16,18,20-44H2,1-5H3/p+1/b19-17+/t45-/m1/s1. The van der Waals surface area contributed by atoms with Crippen LogP contribution in [0.5, 0.6) is 0 Å². The number of nitrogens with zero attached hydrogens (tertiary/aromatic N) is 1. The third-order valence-electron chi connectivity index (χ3n) is 10.5. The van der Waals surface area contributed by atoms with E-state index in [4.69, 9.17) is 18.5 Å². The Morgan fingerprint density at radius 1 is 0.526 bits per heavy atom. The molecule has 1 unspecified atom stereocenters. The van der Waals surface area contributed by atoms with E-state index in [0.717, 1.165) is 44.9 Å². The Hall–Kier alpha value is -1.25. The van der Waals surface area contributed by atoms with Crippen molar-refractivity contribution in [1.82, 2.24) is 0 Å². The highest BCUT2D eigenvalue weighted by Crippen LogP contribution is 2.43. The van der Waals surface area contributed by atoms with E-state index in [0.29, 0.717) is 23.9 Å². The second-order valence-corrected chi connectivity index (χ2v) is 19.0. The summed E-state index contributed by atoms with van der Waals surface area (Å²) in [6.45, 7) is 4.44. The van der Waals surface area contributed by atoms with Crippen molar-refractivity contribution >= 4 is 19.8 Å². The summed E-state index contributed by atoms with van der Waals surface area (Å²) in [5, 5.41) is 0. The van der Waals surface area contributed by atoms with Gasteiger partial charge in [0.15, 0.2) is 6.10 Å². The topological polar surface area (TPSA) is 108 Å². The second kappa shape index (κ2) is 40.2. The Labute approximate surface area is 352 Å². The molecule has 338 valence electrons. The predicted octanol–water partition coefficient (Wildman–Crippen LogP) is 13.8. The van der Waals surface area contributed by atoms with Gasteiger partial charge in [-0.1, -0.05) is 187 Å². The maximum absolute atomic E-state index is 12.7. The number of carbonyl (C=O) groups is 2. The first-order valence-corrected chi connectivity index (χ1v) is 25.4. The molecule has 0 radical (unpaired) electrons. The van der Waals surface area contributed by atoms with Crippen molar-refractivity contribution in [3.05, 3.63) is 12.2 Å². The van der Waals surface area contributed by atoms with Crippen LogP contribution in [0.2, 0.25) is 0 Å². The zero-order valence-electron chi connectivity index (χ0n) is 38.1. The smallest absolute Gasteiger partial charge is 0.462 e. The molecule has 0 saturated carbocycles. The van der Waals surface area contributed by atoms with Gasteiger partial charge in [0.1, 0.15) is 19.8 Å². The molecule has 10 heteroatoms. The number of rotatable bonds is 44. The van der Waals surface area contributed by atoms with Gasteiger partial charge in [-0.05, 0) is 38.5 Å². The SMILES string of the molecule is CCCCCC/C=C/CCCCCCCCCC(=O)O[C@H](COC(=O)CCCCCCCCCCCCCCCCCCCC)COP(=O)(O)OCC[N+](C)(C)C. The zero-order valence-corrected chi connectivity index (χ0v) is 39.0. The normalized spacial score (nSPS) is 13.6. The number of likely N-dealkylation sites (N-methyl/N-ethyl adjacent to an activating group) is 1. The lowest BCUT2D eigenvalue weighted by Crippen LogP contribution is -2.37. The molecule has 9 nitrogen and oxygen atoms in total. The van der Waals surface area contributed by atoms with Crippen molar-refractivity contribution in [2.75, 3.05) is 47.5 Å². The van der Waals surface area contributed by atoms with Crippen molar-refractivity contribution < 1.29 is 42.1 Å². The van der Waals surface area contributed by atoms with Gasteiger partial charge in [0, 0.05) is 12.8 Å². The quantitative estimate of drug-likeness (QED) is 0.0213. The monoisotopic (exact) mass is 831 g/mol. The summed E-state index contributed by atoms with van der Waals surface area (Å²) in [5.41, 5.74) is 0. The van der Waals surface area contributed by atoms with Gasteiger partial charge in [0.2, 0.25) is 0 Å². The van der Waals surface area contributed by atoms with Gasteiger partial charge in [0.05, 0.1) is 27.7 Å². The average Bonchev–Trinajstić information content (AvgIpc) is 3.16. The van der Waals surface area contributed by atoms with Crippen molar-refractivity contribution in [2.24, 2.45) is 0 Å². The molecule has 0 aromatic rings. The first-order valence-electron chi connectivity index (χ1n) is 23.9. The Morgan fingerprint density at radius 2 is 0.895 bits per heavy atom. The maximum atomic E-state index is 12.7. The fraction of sp³-hybridized carbons (Fsp3) is 0.915. The lowest BCUT2D eigenvalue weighted by atomic mass is 10.0. The van der Waals surface area contributed by atoms with Gasteiger partial charge in [-0.25, -0.2) is 4.57 Å². The second-order valence-electron chi connectivity index (χ2n) is 17.5. The van der Waals surface area contributed by atoms with Crippen molar-refractivity contribution in [1.29, 1.82) is 0 Å². The number of hydrogen-bond acceptors (Lipinski definition) is 7. The molecule has 0 bridgehead atoms. The van der Waals surface area contributed by atoms with Crippen LogP contribution in [-0.4, -0.2) is 74.9 Å². The molecule has 0 aliphatic rings. The highest BCUT2D eigenvalue weighted by atomic mass is 31.2. The molecule has 1 N–H and O–H groups in total. The van der Waals surface area contributed by atoms with Gasteiger partial charge in [0.25, 0.3) is 0 Å². The number of allylic oxidation sites excluding steroid dienone is 2. The highest BCUT2D eigenvalue weighted by Gasteiger charge is 2.27. The lowest BCUT2D eigenvalue weighted by Gasteiger charge is -2.24. The van der Waals surface area contributed by atoms with Crippen LogP contribution >= 0.6 is 7.82 Å². The van der Waals surface area contributed by atoms with Crippen LogP contribution in [0.1, 0.15) is 226 Å². The Bertz CT molecular complexity index is 985. The van der Waals surface area contributed by atoms with Crippen LogP contribution in [-0.2, 0) is 32.7 Å². The molecule has 0 fully saturated rings. The lowest BCUT2D eigenvalue weighted by molar-refractivity contribution is -0.870. The fourth-order valence-corrected chi connectivity index (χ4v) is 7.52. The van der Waals surface area contributed by atoms with E-state index in [1.807, 2.05) is 21.1 Å². The van der Waals surface area contributed by atoms with Crippen LogP contribution in [0, 0.1) is 0 Å². The predicted molar refractivity (Wildman–Crippen MR) is 238 cm³/mol. The number of phosphoric ester groups is 1. The molecule has 0 aliphatic heterocycles. The molecule has 0 heterocycles. The van der Waals surface area contributed by atoms with E-state index in [1.165, 1.54) is 148 Å². The molecule has 0 rings (SSSR count). The third kappa shape index (κ3) is 44.1. The maximum Gasteiger partial charge on any atom is 0.472 e.